The number of nitrogens with one attached hydrogen (secondary N) is 1. The standard InChI is InChI=1S/C26H18N2O7/c29-24(27-16-6-7-20-21(8-16)33-13-32-20)12-28-11-18(25(30)15-4-2-1-3-5-15)26(31)17-9-22-23(10-19(17)28)35-14-34-22/h1-11H,12-14H2,(H,27,29). The molecule has 1 amide bonds. The fourth-order valence-corrected chi connectivity index (χ4v) is 4.15. The SMILES string of the molecule is O=C(Cn1cc(C(=O)c2ccccc2)c(=O)c2cc3c(cc21)OCO3)Nc1ccc2c(c1)OCO2. The Labute approximate surface area is 198 Å². The zero-order valence-corrected chi connectivity index (χ0v) is 18.3. The van der Waals surface area contributed by atoms with Crippen LogP contribution in [0.5, 0.6) is 23.0 Å². The summed E-state index contributed by atoms with van der Waals surface area (Å²) >= 11 is 0. The highest BCUT2D eigenvalue weighted by molar-refractivity contribution is 6.10. The minimum Gasteiger partial charge on any atom is -0.454 e. The lowest BCUT2D eigenvalue weighted by atomic mass is 10.0. The van der Waals surface area contributed by atoms with Crippen molar-refractivity contribution in [1.82, 2.24) is 4.57 Å². The second-order valence-electron chi connectivity index (χ2n) is 8.03. The molecule has 1 N–H and O–H groups in total. The third kappa shape index (κ3) is 3.72. The lowest BCUT2D eigenvalue weighted by Crippen LogP contribution is -2.24. The van der Waals surface area contributed by atoms with E-state index in [-0.39, 0.29) is 37.0 Å². The monoisotopic (exact) mass is 470 g/mol. The Hall–Kier alpha value is -4.79. The number of hydrogen-bond donors (Lipinski definition) is 1. The third-order valence-corrected chi connectivity index (χ3v) is 5.83. The van der Waals surface area contributed by atoms with Crippen LogP contribution in [0.15, 0.2) is 71.7 Å². The molecule has 0 aliphatic carbocycles. The Balaban J connectivity index is 1.40. The van der Waals surface area contributed by atoms with Crippen molar-refractivity contribution >= 4 is 28.3 Å². The summed E-state index contributed by atoms with van der Waals surface area (Å²) < 4.78 is 23.1. The first kappa shape index (κ1) is 20.8. The van der Waals surface area contributed by atoms with Crippen LogP contribution in [-0.4, -0.2) is 29.8 Å². The first-order chi connectivity index (χ1) is 17.1. The molecule has 2 aliphatic rings. The number of hydrogen-bond acceptors (Lipinski definition) is 7. The van der Waals surface area contributed by atoms with Gasteiger partial charge >= 0.3 is 0 Å². The maximum atomic E-state index is 13.3. The molecule has 0 fully saturated rings. The molecule has 2 aliphatic heterocycles. The Kier molecular flexibility index (Phi) is 4.88. The van der Waals surface area contributed by atoms with Gasteiger partial charge in [0.1, 0.15) is 6.54 Å². The molecule has 0 atom stereocenters. The fraction of sp³-hybridized carbons (Fsp3) is 0.115. The van der Waals surface area contributed by atoms with Gasteiger partial charge in [-0.2, -0.15) is 0 Å². The van der Waals surface area contributed by atoms with E-state index in [9.17, 15) is 14.4 Å². The molecule has 174 valence electrons. The minimum absolute atomic E-state index is 0.0280. The molecule has 4 aromatic rings. The van der Waals surface area contributed by atoms with Crippen molar-refractivity contribution in [2.45, 2.75) is 6.54 Å². The number of aromatic nitrogens is 1. The largest absolute Gasteiger partial charge is 0.454 e. The minimum atomic E-state index is -0.445. The molecule has 35 heavy (non-hydrogen) atoms. The lowest BCUT2D eigenvalue weighted by Gasteiger charge is -2.14. The summed E-state index contributed by atoms with van der Waals surface area (Å²) in [5.74, 6) is 1.23. The predicted octanol–water partition coefficient (Wildman–Crippen LogP) is 3.33. The van der Waals surface area contributed by atoms with Gasteiger partial charge in [0.2, 0.25) is 24.9 Å². The number of ketones is 1. The van der Waals surface area contributed by atoms with E-state index in [4.69, 9.17) is 18.9 Å². The predicted molar refractivity (Wildman–Crippen MR) is 125 cm³/mol. The zero-order chi connectivity index (χ0) is 23.9. The number of benzene rings is 3. The lowest BCUT2D eigenvalue weighted by molar-refractivity contribution is -0.116. The Morgan fingerprint density at radius 1 is 0.829 bits per heavy atom. The molecule has 1 aromatic heterocycles. The van der Waals surface area contributed by atoms with Gasteiger partial charge in [0.25, 0.3) is 0 Å². The molecule has 9 nitrogen and oxygen atoms in total. The van der Waals surface area contributed by atoms with Gasteiger partial charge in [0.15, 0.2) is 28.8 Å². The molecule has 9 heteroatoms. The van der Waals surface area contributed by atoms with Crippen LogP contribution in [-0.2, 0) is 11.3 Å². The van der Waals surface area contributed by atoms with Crippen LogP contribution >= 0.6 is 0 Å². The normalized spacial score (nSPS) is 13.1. The van der Waals surface area contributed by atoms with Crippen LogP contribution in [0.1, 0.15) is 15.9 Å². The molecule has 3 heterocycles. The first-order valence-corrected chi connectivity index (χ1v) is 10.8. The van der Waals surface area contributed by atoms with Gasteiger partial charge < -0.3 is 28.8 Å². The van der Waals surface area contributed by atoms with Gasteiger partial charge in [0.05, 0.1) is 16.5 Å². The summed E-state index contributed by atoms with van der Waals surface area (Å²) in [6, 6.07) is 16.8. The Morgan fingerprint density at radius 2 is 1.51 bits per heavy atom. The van der Waals surface area contributed by atoms with Crippen LogP contribution in [0.25, 0.3) is 10.9 Å². The molecule has 3 aromatic carbocycles. The van der Waals surface area contributed by atoms with Crippen molar-refractivity contribution < 1.29 is 28.5 Å². The van der Waals surface area contributed by atoms with Crippen LogP contribution in [0.4, 0.5) is 5.69 Å². The Morgan fingerprint density at radius 3 is 2.29 bits per heavy atom. The molecule has 0 spiro atoms. The maximum Gasteiger partial charge on any atom is 0.244 e. The average Bonchev–Trinajstić information content (AvgIpc) is 3.53. The number of nitrogens with zero attached hydrogens (tertiary/aromatic N) is 1. The van der Waals surface area contributed by atoms with E-state index >= 15 is 0 Å². The number of ether oxygens (including phenoxy) is 4. The van der Waals surface area contributed by atoms with Crippen LogP contribution in [0.3, 0.4) is 0 Å². The highest BCUT2D eigenvalue weighted by Gasteiger charge is 2.22. The van der Waals surface area contributed by atoms with Crippen molar-refractivity contribution in [2.75, 3.05) is 18.9 Å². The second kappa shape index (κ2) is 8.21. The molecule has 0 radical (unpaired) electrons. The second-order valence-corrected chi connectivity index (χ2v) is 8.03. The molecular formula is C26H18N2O7. The van der Waals surface area contributed by atoms with E-state index in [0.29, 0.717) is 39.8 Å². The van der Waals surface area contributed by atoms with Crippen molar-refractivity contribution in [3.63, 3.8) is 0 Å². The van der Waals surface area contributed by atoms with Crippen LogP contribution < -0.4 is 29.7 Å². The number of pyridine rings is 1. The smallest absolute Gasteiger partial charge is 0.244 e. The van der Waals surface area contributed by atoms with E-state index < -0.39 is 11.2 Å². The van der Waals surface area contributed by atoms with Gasteiger partial charge in [-0.25, -0.2) is 0 Å². The molecule has 0 unspecified atom stereocenters. The number of amides is 1. The average molecular weight is 470 g/mol. The number of carbonyl (C=O) groups is 2. The first-order valence-electron chi connectivity index (χ1n) is 10.8. The number of anilines is 1. The number of rotatable bonds is 5. The summed E-state index contributed by atoms with van der Waals surface area (Å²) in [5, 5.41) is 3.07. The quantitative estimate of drug-likeness (QED) is 0.446. The van der Waals surface area contributed by atoms with Gasteiger partial charge in [0, 0.05) is 29.6 Å². The van der Waals surface area contributed by atoms with E-state index in [2.05, 4.69) is 5.32 Å². The van der Waals surface area contributed by atoms with E-state index in [0.717, 1.165) is 0 Å². The highest BCUT2D eigenvalue weighted by atomic mass is 16.7. The molecule has 0 saturated carbocycles. The molecular weight excluding hydrogens is 452 g/mol. The van der Waals surface area contributed by atoms with Crippen LogP contribution in [0.2, 0.25) is 0 Å². The Bertz CT molecular complexity index is 1560. The summed E-state index contributed by atoms with van der Waals surface area (Å²) in [6.45, 7) is 0.00459. The third-order valence-electron chi connectivity index (χ3n) is 5.83. The van der Waals surface area contributed by atoms with Crippen molar-refractivity contribution in [3.8, 4) is 23.0 Å². The zero-order valence-electron chi connectivity index (χ0n) is 18.3. The van der Waals surface area contributed by atoms with Crippen molar-refractivity contribution in [3.05, 3.63) is 88.2 Å². The van der Waals surface area contributed by atoms with Crippen molar-refractivity contribution in [2.24, 2.45) is 0 Å². The number of fused-ring (bicyclic) bond motifs is 3. The van der Waals surface area contributed by atoms with Gasteiger partial charge in [-0.05, 0) is 18.2 Å². The molecule has 0 bridgehead atoms. The summed E-state index contributed by atoms with van der Waals surface area (Å²) in [7, 11) is 0. The number of carbonyl (C=O) groups excluding carboxylic acids is 2. The molecule has 6 rings (SSSR count). The van der Waals surface area contributed by atoms with E-state index in [1.54, 1.807) is 65.2 Å². The fourth-order valence-electron chi connectivity index (χ4n) is 4.15. The summed E-state index contributed by atoms with van der Waals surface area (Å²) in [4.78, 5) is 39.5. The summed E-state index contributed by atoms with van der Waals surface area (Å²) in [5.41, 5.74) is 0.867. The van der Waals surface area contributed by atoms with E-state index in [1.165, 1.54) is 6.20 Å². The topological polar surface area (TPSA) is 105 Å². The highest BCUT2D eigenvalue weighted by Crippen LogP contribution is 2.36. The summed E-state index contributed by atoms with van der Waals surface area (Å²) in [6.07, 6.45) is 1.42. The molecule has 0 saturated heterocycles. The van der Waals surface area contributed by atoms with E-state index in [1.807, 2.05) is 0 Å². The van der Waals surface area contributed by atoms with Gasteiger partial charge in [-0.3, -0.25) is 14.4 Å². The van der Waals surface area contributed by atoms with Gasteiger partial charge in [-0.1, -0.05) is 30.3 Å². The van der Waals surface area contributed by atoms with Crippen LogP contribution in [0, 0.1) is 0 Å². The maximum absolute atomic E-state index is 13.3. The van der Waals surface area contributed by atoms with Gasteiger partial charge in [-0.15, -0.1) is 0 Å². The van der Waals surface area contributed by atoms with Crippen molar-refractivity contribution in [1.29, 1.82) is 0 Å².